The number of ether oxygens (including phenoxy) is 1. The van der Waals surface area contributed by atoms with Gasteiger partial charge in [-0.15, -0.1) is 0 Å². The predicted molar refractivity (Wildman–Crippen MR) is 121 cm³/mol. The minimum atomic E-state index is -0.409. The van der Waals surface area contributed by atoms with Gasteiger partial charge in [-0.2, -0.15) is 0 Å². The van der Waals surface area contributed by atoms with Crippen molar-refractivity contribution in [3.63, 3.8) is 0 Å². The van der Waals surface area contributed by atoms with Crippen molar-refractivity contribution in [1.29, 1.82) is 0 Å². The van der Waals surface area contributed by atoms with Gasteiger partial charge in [-0.1, -0.05) is 17.7 Å². The summed E-state index contributed by atoms with van der Waals surface area (Å²) in [6.07, 6.45) is 8.81. The van der Waals surface area contributed by atoms with E-state index in [4.69, 9.17) is 16.3 Å². The summed E-state index contributed by atoms with van der Waals surface area (Å²) in [5.41, 5.74) is 2.54. The minimum absolute atomic E-state index is 0.409. The smallest absolute Gasteiger partial charge is 0.213 e. The zero-order chi connectivity index (χ0) is 21.1. The molecule has 30 heavy (non-hydrogen) atoms. The molecule has 3 heterocycles. The topological polar surface area (TPSA) is 55.2 Å². The van der Waals surface area contributed by atoms with Crippen molar-refractivity contribution in [2.75, 3.05) is 32.6 Å². The molecule has 1 atom stereocenters. The molecule has 0 saturated heterocycles. The molecule has 0 spiro atoms. The maximum Gasteiger partial charge on any atom is 0.213 e. The lowest BCUT2D eigenvalue weighted by Crippen LogP contribution is -2.32. The third kappa shape index (κ3) is 4.35. The van der Waals surface area contributed by atoms with E-state index < -0.39 is 5.54 Å². The van der Waals surface area contributed by atoms with Gasteiger partial charge in [-0.25, -0.2) is 9.97 Å². The number of benzene rings is 1. The molecule has 0 radical (unpaired) electrons. The van der Waals surface area contributed by atoms with Gasteiger partial charge in [0.2, 0.25) is 5.88 Å². The van der Waals surface area contributed by atoms with E-state index in [2.05, 4.69) is 53.3 Å². The molecule has 0 aliphatic carbocycles. The summed E-state index contributed by atoms with van der Waals surface area (Å²) in [5.74, 6) is 1.58. The van der Waals surface area contributed by atoms with E-state index in [0.717, 1.165) is 35.7 Å². The van der Waals surface area contributed by atoms with Gasteiger partial charge >= 0.3 is 0 Å². The Labute approximate surface area is 182 Å². The Morgan fingerprint density at radius 2 is 1.93 bits per heavy atom. The number of imidazole rings is 1. The summed E-state index contributed by atoms with van der Waals surface area (Å²) >= 11 is 6.04. The van der Waals surface area contributed by atoms with Crippen LogP contribution in [-0.4, -0.2) is 46.7 Å². The molecule has 1 aromatic carbocycles. The highest BCUT2D eigenvalue weighted by Gasteiger charge is 2.30. The van der Waals surface area contributed by atoms with E-state index in [1.807, 2.05) is 53.5 Å². The molecule has 1 aliphatic rings. The van der Waals surface area contributed by atoms with E-state index in [0.29, 0.717) is 17.5 Å². The number of anilines is 1. The Kier molecular flexibility index (Phi) is 5.79. The molecule has 0 amide bonds. The Balaban J connectivity index is 1.50. The van der Waals surface area contributed by atoms with E-state index in [1.165, 1.54) is 0 Å². The van der Waals surface area contributed by atoms with E-state index in [9.17, 15) is 0 Å². The third-order valence-electron chi connectivity index (χ3n) is 5.19. The van der Waals surface area contributed by atoms with Crippen molar-refractivity contribution in [2.45, 2.75) is 18.9 Å². The van der Waals surface area contributed by atoms with E-state index in [-0.39, 0.29) is 0 Å². The van der Waals surface area contributed by atoms with Crippen molar-refractivity contribution < 1.29 is 4.74 Å². The number of aromatic nitrogens is 3. The quantitative estimate of drug-likeness (QED) is 0.562. The summed E-state index contributed by atoms with van der Waals surface area (Å²) in [5, 5.41) is 4.34. The highest BCUT2D eigenvalue weighted by Crippen LogP contribution is 2.35. The van der Waals surface area contributed by atoms with Gasteiger partial charge in [0, 0.05) is 29.5 Å². The monoisotopic (exact) mass is 423 g/mol. The van der Waals surface area contributed by atoms with Gasteiger partial charge < -0.3 is 15.0 Å². The molecule has 0 fully saturated rings. The van der Waals surface area contributed by atoms with Gasteiger partial charge in [0.15, 0.2) is 0 Å². The van der Waals surface area contributed by atoms with Crippen LogP contribution in [0.2, 0.25) is 5.02 Å². The first-order valence-electron chi connectivity index (χ1n) is 9.99. The van der Waals surface area contributed by atoms with Crippen LogP contribution in [0.5, 0.6) is 5.88 Å². The van der Waals surface area contributed by atoms with Crippen LogP contribution in [0.1, 0.15) is 24.6 Å². The van der Waals surface area contributed by atoms with Crippen molar-refractivity contribution in [1.82, 2.24) is 19.4 Å². The molecule has 4 rings (SSSR count). The standard InChI is InChI=1S/C23H26ClN5O/c1-23(17-5-10-21(25-15-17)30-14-4-13-28(2)3)12-11-20-22(27-23)29(16-26-20)19-8-6-18(24)7-9-19/h5-12,15-16,27H,4,13-14H2,1-3H3. The molecule has 6 nitrogen and oxygen atoms in total. The van der Waals surface area contributed by atoms with Crippen molar-refractivity contribution in [2.24, 2.45) is 0 Å². The summed E-state index contributed by atoms with van der Waals surface area (Å²) in [6.45, 7) is 3.78. The maximum atomic E-state index is 6.04. The second kappa shape index (κ2) is 8.50. The number of halogens is 1. The van der Waals surface area contributed by atoms with E-state index in [1.54, 1.807) is 0 Å². The van der Waals surface area contributed by atoms with Gasteiger partial charge in [0.05, 0.1) is 12.1 Å². The molecular weight excluding hydrogens is 398 g/mol. The van der Waals surface area contributed by atoms with Crippen molar-refractivity contribution >= 4 is 23.5 Å². The summed E-state index contributed by atoms with van der Waals surface area (Å²) < 4.78 is 7.79. The maximum absolute atomic E-state index is 6.04. The lowest BCUT2D eigenvalue weighted by molar-refractivity contribution is 0.273. The average molecular weight is 424 g/mol. The lowest BCUT2D eigenvalue weighted by atomic mass is 9.90. The lowest BCUT2D eigenvalue weighted by Gasteiger charge is -2.32. The number of hydrogen-bond acceptors (Lipinski definition) is 5. The highest BCUT2D eigenvalue weighted by molar-refractivity contribution is 6.30. The first-order chi connectivity index (χ1) is 14.4. The molecule has 156 valence electrons. The van der Waals surface area contributed by atoms with Gasteiger partial charge in [-0.3, -0.25) is 4.57 Å². The van der Waals surface area contributed by atoms with Gasteiger partial charge in [-0.05, 0) is 69.4 Å². The number of pyridine rings is 1. The minimum Gasteiger partial charge on any atom is -0.478 e. The summed E-state index contributed by atoms with van der Waals surface area (Å²) in [7, 11) is 4.12. The largest absolute Gasteiger partial charge is 0.478 e. The predicted octanol–water partition coefficient (Wildman–Crippen LogP) is 4.61. The fourth-order valence-electron chi connectivity index (χ4n) is 3.44. The molecule has 2 aromatic heterocycles. The first kappa shape index (κ1) is 20.4. The van der Waals surface area contributed by atoms with Crippen molar-refractivity contribution in [3.8, 4) is 11.6 Å². The summed E-state index contributed by atoms with van der Waals surface area (Å²) in [4.78, 5) is 11.2. The number of fused-ring (bicyclic) bond motifs is 1. The van der Waals surface area contributed by atoms with Crippen LogP contribution >= 0.6 is 11.6 Å². The number of hydrogen-bond donors (Lipinski definition) is 1. The van der Waals surface area contributed by atoms with Crippen LogP contribution in [0.3, 0.4) is 0 Å². The zero-order valence-corrected chi connectivity index (χ0v) is 18.2. The third-order valence-corrected chi connectivity index (χ3v) is 5.44. The first-order valence-corrected chi connectivity index (χ1v) is 10.4. The zero-order valence-electron chi connectivity index (χ0n) is 17.5. The fourth-order valence-corrected chi connectivity index (χ4v) is 3.56. The van der Waals surface area contributed by atoms with Crippen LogP contribution in [-0.2, 0) is 5.54 Å². The normalized spacial score (nSPS) is 17.6. The van der Waals surface area contributed by atoms with Crippen LogP contribution in [0.15, 0.2) is 55.0 Å². The summed E-state index contributed by atoms with van der Waals surface area (Å²) in [6, 6.07) is 11.7. The van der Waals surface area contributed by atoms with E-state index >= 15 is 0 Å². The Bertz CT molecular complexity index is 1030. The Hall–Kier alpha value is -2.83. The second-order valence-corrected chi connectivity index (χ2v) is 8.31. The van der Waals surface area contributed by atoms with Crippen LogP contribution in [0.25, 0.3) is 11.8 Å². The molecule has 0 saturated carbocycles. The van der Waals surface area contributed by atoms with Gasteiger partial charge in [0.25, 0.3) is 0 Å². The molecule has 1 N–H and O–H groups in total. The number of nitrogens with one attached hydrogen (secondary N) is 1. The molecule has 1 aliphatic heterocycles. The number of nitrogens with zero attached hydrogens (tertiary/aromatic N) is 4. The van der Waals surface area contributed by atoms with Gasteiger partial charge in [0.1, 0.15) is 17.8 Å². The van der Waals surface area contributed by atoms with Crippen LogP contribution < -0.4 is 10.1 Å². The SMILES string of the molecule is CN(C)CCCOc1ccc(C2(C)C=Cc3ncn(-c4ccc(Cl)cc4)c3N2)cn1. The highest BCUT2D eigenvalue weighted by atomic mass is 35.5. The molecule has 0 bridgehead atoms. The second-order valence-electron chi connectivity index (χ2n) is 7.88. The van der Waals surface area contributed by atoms with Crippen molar-refractivity contribution in [3.05, 3.63) is 71.3 Å². The molecule has 3 aromatic rings. The molecule has 1 unspecified atom stereocenters. The Morgan fingerprint density at radius 3 is 2.63 bits per heavy atom. The number of rotatable bonds is 7. The van der Waals surface area contributed by atoms with Crippen LogP contribution in [0, 0.1) is 0 Å². The average Bonchev–Trinajstić information content (AvgIpc) is 3.15. The fraction of sp³-hybridized carbons (Fsp3) is 0.304. The molecule has 7 heteroatoms. The Morgan fingerprint density at radius 1 is 1.13 bits per heavy atom. The van der Waals surface area contributed by atoms with Crippen LogP contribution in [0.4, 0.5) is 5.82 Å². The molecular formula is C23H26ClN5O.